The Morgan fingerprint density at radius 2 is 1.36 bits per heavy atom. The molecule has 1 fully saturated rings. The Bertz CT molecular complexity index is 1120. The van der Waals surface area contributed by atoms with Gasteiger partial charge in [0.05, 0.1) is 0 Å². The first-order valence-electron chi connectivity index (χ1n) is 11.6. The normalized spacial score (nSPS) is 18.4. The molecule has 0 spiro atoms. The number of halogens is 4. The SMILES string of the molecule is CCc1ccc(-c2ccc(OCc3ccc(C4CCC(C)CC4)c(F)c3F)cc2)c(F)c1F. The van der Waals surface area contributed by atoms with Crippen LogP contribution >= 0.6 is 0 Å². The topological polar surface area (TPSA) is 9.23 Å². The Labute approximate surface area is 192 Å². The Morgan fingerprint density at radius 1 is 0.727 bits per heavy atom. The fourth-order valence-electron chi connectivity index (χ4n) is 4.58. The van der Waals surface area contributed by atoms with Crippen molar-refractivity contribution in [1.82, 2.24) is 0 Å². The predicted octanol–water partition coefficient (Wildman–Crippen LogP) is 8.35. The van der Waals surface area contributed by atoms with Gasteiger partial charge in [-0.05, 0) is 59.9 Å². The minimum Gasteiger partial charge on any atom is -0.489 e. The monoisotopic (exact) mass is 456 g/mol. The van der Waals surface area contributed by atoms with Gasteiger partial charge in [-0.15, -0.1) is 0 Å². The Morgan fingerprint density at radius 3 is 2.03 bits per heavy atom. The number of aryl methyl sites for hydroxylation is 1. The van der Waals surface area contributed by atoms with Crippen molar-refractivity contribution in [3.8, 4) is 16.9 Å². The molecule has 0 amide bonds. The highest BCUT2D eigenvalue weighted by Gasteiger charge is 2.25. The van der Waals surface area contributed by atoms with Crippen LogP contribution in [-0.4, -0.2) is 0 Å². The van der Waals surface area contributed by atoms with Crippen molar-refractivity contribution in [1.29, 1.82) is 0 Å². The maximum absolute atomic E-state index is 14.7. The summed E-state index contributed by atoms with van der Waals surface area (Å²) in [5, 5.41) is 0. The third kappa shape index (κ3) is 4.92. The van der Waals surface area contributed by atoms with Crippen molar-refractivity contribution < 1.29 is 22.3 Å². The van der Waals surface area contributed by atoms with Gasteiger partial charge in [0.1, 0.15) is 12.4 Å². The average molecular weight is 457 g/mol. The summed E-state index contributed by atoms with van der Waals surface area (Å²) in [5.74, 6) is -2.23. The average Bonchev–Trinajstić information content (AvgIpc) is 2.83. The van der Waals surface area contributed by atoms with Crippen molar-refractivity contribution in [2.45, 2.75) is 58.5 Å². The number of rotatable bonds is 6. The molecule has 3 aromatic carbocycles. The Hall–Kier alpha value is -2.82. The zero-order valence-electron chi connectivity index (χ0n) is 18.9. The van der Waals surface area contributed by atoms with Crippen molar-refractivity contribution in [3.05, 3.63) is 88.5 Å². The lowest BCUT2D eigenvalue weighted by molar-refractivity contribution is 0.295. The van der Waals surface area contributed by atoms with E-state index in [1.54, 1.807) is 55.5 Å². The maximum atomic E-state index is 14.7. The van der Waals surface area contributed by atoms with Gasteiger partial charge in [-0.25, -0.2) is 17.6 Å². The van der Waals surface area contributed by atoms with E-state index in [4.69, 9.17) is 4.74 Å². The molecule has 0 N–H and O–H groups in total. The number of ether oxygens (including phenoxy) is 1. The molecule has 0 radical (unpaired) electrons. The lowest BCUT2D eigenvalue weighted by atomic mass is 9.79. The standard InChI is InChI=1S/C28H28F4O/c1-3-18-10-14-23(27(31)25(18)29)20-8-12-22(13-9-20)33-16-21-11-15-24(28(32)26(21)30)19-6-4-17(2)5-7-19/h8-15,17,19H,3-7,16H2,1-2H3. The van der Waals surface area contributed by atoms with E-state index in [2.05, 4.69) is 6.92 Å². The van der Waals surface area contributed by atoms with Crippen molar-refractivity contribution in [2.75, 3.05) is 0 Å². The van der Waals surface area contributed by atoms with Gasteiger partial charge in [-0.3, -0.25) is 0 Å². The second-order valence-electron chi connectivity index (χ2n) is 8.97. The molecule has 0 bridgehead atoms. The molecule has 0 saturated heterocycles. The van der Waals surface area contributed by atoms with Gasteiger partial charge in [0, 0.05) is 11.1 Å². The molecule has 1 aliphatic rings. The fraction of sp³-hybridized carbons (Fsp3) is 0.357. The largest absolute Gasteiger partial charge is 0.489 e. The van der Waals surface area contributed by atoms with Gasteiger partial charge >= 0.3 is 0 Å². The molecule has 1 aliphatic carbocycles. The third-order valence-electron chi connectivity index (χ3n) is 6.75. The van der Waals surface area contributed by atoms with E-state index in [1.165, 1.54) is 0 Å². The third-order valence-corrected chi connectivity index (χ3v) is 6.75. The van der Waals surface area contributed by atoms with Crippen LogP contribution in [0.5, 0.6) is 5.75 Å². The first-order chi connectivity index (χ1) is 15.9. The molecule has 174 valence electrons. The van der Waals surface area contributed by atoms with Crippen LogP contribution in [0.4, 0.5) is 17.6 Å². The van der Waals surface area contributed by atoms with Crippen LogP contribution in [-0.2, 0) is 13.0 Å². The Balaban J connectivity index is 1.45. The molecule has 0 atom stereocenters. The molecule has 0 heterocycles. The van der Waals surface area contributed by atoms with Gasteiger partial charge in [-0.1, -0.05) is 63.1 Å². The molecule has 4 rings (SSSR count). The summed E-state index contributed by atoms with van der Waals surface area (Å²) in [5.41, 5.74) is 1.60. The van der Waals surface area contributed by atoms with E-state index < -0.39 is 23.3 Å². The van der Waals surface area contributed by atoms with E-state index in [0.29, 0.717) is 34.8 Å². The summed E-state index contributed by atoms with van der Waals surface area (Å²) in [4.78, 5) is 0. The fourth-order valence-corrected chi connectivity index (χ4v) is 4.58. The summed E-state index contributed by atoms with van der Waals surface area (Å²) in [6.07, 6.45) is 4.24. The zero-order valence-corrected chi connectivity index (χ0v) is 18.9. The van der Waals surface area contributed by atoms with Gasteiger partial charge in [0.15, 0.2) is 23.3 Å². The molecule has 0 aliphatic heterocycles. The highest BCUT2D eigenvalue weighted by atomic mass is 19.2. The van der Waals surface area contributed by atoms with Crippen LogP contribution in [0.3, 0.4) is 0 Å². The minimum absolute atomic E-state index is 0.0647. The first-order valence-corrected chi connectivity index (χ1v) is 11.6. The van der Waals surface area contributed by atoms with Gasteiger partial charge < -0.3 is 4.74 Å². The van der Waals surface area contributed by atoms with Gasteiger partial charge in [0.2, 0.25) is 0 Å². The lowest BCUT2D eigenvalue weighted by Crippen LogP contribution is -2.13. The van der Waals surface area contributed by atoms with Crippen molar-refractivity contribution >= 4 is 0 Å². The highest BCUT2D eigenvalue weighted by molar-refractivity contribution is 5.65. The molecular weight excluding hydrogens is 428 g/mol. The molecular formula is C28H28F4O. The molecule has 0 unspecified atom stereocenters. The van der Waals surface area contributed by atoms with Crippen LogP contribution in [0.2, 0.25) is 0 Å². The molecule has 3 aromatic rings. The van der Waals surface area contributed by atoms with E-state index >= 15 is 0 Å². The molecule has 5 heteroatoms. The number of hydrogen-bond acceptors (Lipinski definition) is 1. The van der Waals surface area contributed by atoms with Crippen LogP contribution in [0, 0.1) is 29.2 Å². The van der Waals surface area contributed by atoms with Crippen LogP contribution in [0.25, 0.3) is 11.1 Å². The van der Waals surface area contributed by atoms with Crippen LogP contribution < -0.4 is 4.74 Å². The van der Waals surface area contributed by atoms with E-state index in [1.807, 2.05) is 0 Å². The second kappa shape index (κ2) is 9.98. The maximum Gasteiger partial charge on any atom is 0.166 e. The first kappa shape index (κ1) is 23.3. The second-order valence-corrected chi connectivity index (χ2v) is 8.97. The highest BCUT2D eigenvalue weighted by Crippen LogP contribution is 2.37. The molecule has 1 nitrogen and oxygen atoms in total. The lowest BCUT2D eigenvalue weighted by Gasteiger charge is -2.27. The van der Waals surface area contributed by atoms with Crippen LogP contribution in [0.1, 0.15) is 62.1 Å². The number of benzene rings is 3. The Kier molecular flexibility index (Phi) is 7.06. The van der Waals surface area contributed by atoms with Crippen LogP contribution in [0.15, 0.2) is 48.5 Å². The summed E-state index contributed by atoms with van der Waals surface area (Å²) < 4.78 is 63.6. The smallest absolute Gasteiger partial charge is 0.166 e. The molecule has 0 aromatic heterocycles. The zero-order chi connectivity index (χ0) is 23.5. The summed E-state index contributed by atoms with van der Waals surface area (Å²) in [7, 11) is 0. The van der Waals surface area contributed by atoms with Crippen molar-refractivity contribution in [3.63, 3.8) is 0 Å². The quantitative estimate of drug-likeness (QED) is 0.339. The van der Waals surface area contributed by atoms with E-state index in [0.717, 1.165) is 25.7 Å². The molecule has 1 saturated carbocycles. The van der Waals surface area contributed by atoms with Crippen molar-refractivity contribution in [2.24, 2.45) is 5.92 Å². The van der Waals surface area contributed by atoms with E-state index in [-0.39, 0.29) is 23.7 Å². The van der Waals surface area contributed by atoms with Gasteiger partial charge in [0.25, 0.3) is 0 Å². The number of hydrogen-bond donors (Lipinski definition) is 0. The van der Waals surface area contributed by atoms with Gasteiger partial charge in [-0.2, -0.15) is 0 Å². The van der Waals surface area contributed by atoms with E-state index in [9.17, 15) is 17.6 Å². The minimum atomic E-state index is -0.881. The summed E-state index contributed by atoms with van der Waals surface area (Å²) in [6, 6.07) is 12.8. The summed E-state index contributed by atoms with van der Waals surface area (Å²) >= 11 is 0. The molecule has 33 heavy (non-hydrogen) atoms. The predicted molar refractivity (Wildman–Crippen MR) is 122 cm³/mol. The summed E-state index contributed by atoms with van der Waals surface area (Å²) in [6.45, 7) is 3.83.